The Morgan fingerprint density at radius 3 is 1.24 bits per heavy atom. The highest BCUT2D eigenvalue weighted by molar-refractivity contribution is 5.80. The van der Waals surface area contributed by atoms with Gasteiger partial charge in [0.15, 0.2) is 0 Å². The van der Waals surface area contributed by atoms with E-state index in [1.54, 1.807) is 0 Å². The van der Waals surface area contributed by atoms with Gasteiger partial charge in [0, 0.05) is 0 Å². The van der Waals surface area contributed by atoms with Crippen LogP contribution in [0.15, 0.2) is 24.3 Å². The second kappa shape index (κ2) is 40.0. The molecule has 0 aromatic carbocycles. The molecule has 4 unspecified atom stereocenters. The summed E-state index contributed by atoms with van der Waals surface area (Å²) in [5, 5.41) is 43.7. The molecular weight excluding hydrogens is 634 g/mol. The fraction of sp³-hybridized carbons (Fsp3) is 0.889. The predicted molar refractivity (Wildman–Crippen MR) is 219 cm³/mol. The van der Waals surface area contributed by atoms with Crippen LogP contribution in [0.5, 0.6) is 0 Å². The van der Waals surface area contributed by atoms with E-state index >= 15 is 0 Å². The first-order valence-electron chi connectivity index (χ1n) is 22.2. The molecule has 0 rings (SSSR count). The number of allylic oxidation sites excluding steroid dienone is 4. The highest BCUT2D eigenvalue weighted by atomic mass is 16.3. The van der Waals surface area contributed by atoms with E-state index in [1.807, 2.05) is 0 Å². The van der Waals surface area contributed by atoms with Crippen LogP contribution < -0.4 is 5.32 Å². The number of hydrogen-bond donors (Lipinski definition) is 5. The van der Waals surface area contributed by atoms with Crippen LogP contribution >= 0.6 is 0 Å². The fourth-order valence-corrected chi connectivity index (χ4v) is 6.87. The molecule has 0 aliphatic carbocycles. The van der Waals surface area contributed by atoms with Crippen molar-refractivity contribution >= 4 is 5.91 Å². The van der Waals surface area contributed by atoms with Crippen molar-refractivity contribution in [2.24, 2.45) is 0 Å². The Bertz CT molecular complexity index is 772. The molecule has 4 atom stereocenters. The van der Waals surface area contributed by atoms with Crippen molar-refractivity contribution in [3.63, 3.8) is 0 Å². The molecule has 0 fully saturated rings. The first kappa shape index (κ1) is 49.8. The van der Waals surface area contributed by atoms with Gasteiger partial charge in [-0.3, -0.25) is 4.79 Å². The second-order valence-electron chi connectivity index (χ2n) is 15.4. The van der Waals surface area contributed by atoms with Crippen molar-refractivity contribution in [1.82, 2.24) is 5.32 Å². The summed E-state index contributed by atoms with van der Waals surface area (Å²) in [5.41, 5.74) is 0. The molecule has 6 heteroatoms. The molecule has 0 aromatic heterocycles. The van der Waals surface area contributed by atoms with E-state index in [9.17, 15) is 25.2 Å². The Morgan fingerprint density at radius 2 is 0.824 bits per heavy atom. The SMILES string of the molecule is CCCCC/C=C\C=C/CCCCCCCC(O)C(=O)NC(CO)C(O)C(O)CCCCCCCCCCCCCCCCCCCCCCC. The van der Waals surface area contributed by atoms with Gasteiger partial charge >= 0.3 is 0 Å². The zero-order chi connectivity index (χ0) is 37.5. The molecular formula is C45H87NO5. The number of carbonyl (C=O) groups is 1. The Kier molecular flexibility index (Phi) is 39.0. The van der Waals surface area contributed by atoms with Crippen LogP contribution in [0.2, 0.25) is 0 Å². The van der Waals surface area contributed by atoms with Crippen LogP contribution in [0.3, 0.4) is 0 Å². The molecule has 51 heavy (non-hydrogen) atoms. The van der Waals surface area contributed by atoms with Gasteiger partial charge in [0.1, 0.15) is 12.2 Å². The Hall–Kier alpha value is -1.21. The monoisotopic (exact) mass is 722 g/mol. The van der Waals surface area contributed by atoms with Crippen molar-refractivity contribution < 1.29 is 25.2 Å². The highest BCUT2D eigenvalue weighted by Gasteiger charge is 2.28. The number of carbonyl (C=O) groups excluding carboxylic acids is 1. The van der Waals surface area contributed by atoms with Gasteiger partial charge in [0.25, 0.3) is 0 Å². The molecule has 0 aliphatic rings. The second-order valence-corrected chi connectivity index (χ2v) is 15.4. The van der Waals surface area contributed by atoms with E-state index in [-0.39, 0.29) is 0 Å². The average molecular weight is 722 g/mol. The maximum absolute atomic E-state index is 12.5. The lowest BCUT2D eigenvalue weighted by molar-refractivity contribution is -0.132. The molecule has 0 bridgehead atoms. The summed E-state index contributed by atoms with van der Waals surface area (Å²) >= 11 is 0. The summed E-state index contributed by atoms with van der Waals surface area (Å²) in [4.78, 5) is 12.5. The van der Waals surface area contributed by atoms with Crippen molar-refractivity contribution in [3.8, 4) is 0 Å². The molecule has 0 spiro atoms. The Balaban J connectivity index is 3.72. The summed E-state index contributed by atoms with van der Waals surface area (Å²) in [5.74, 6) is -0.595. The van der Waals surface area contributed by atoms with E-state index in [4.69, 9.17) is 0 Å². The third-order valence-corrected chi connectivity index (χ3v) is 10.4. The van der Waals surface area contributed by atoms with Crippen LogP contribution in [-0.4, -0.2) is 57.3 Å². The van der Waals surface area contributed by atoms with E-state index in [2.05, 4.69) is 43.5 Å². The number of unbranched alkanes of at least 4 members (excludes halogenated alkanes) is 28. The number of rotatable bonds is 40. The predicted octanol–water partition coefficient (Wildman–Crippen LogP) is 11.6. The zero-order valence-corrected chi connectivity index (χ0v) is 33.9. The molecule has 6 nitrogen and oxygen atoms in total. The summed E-state index contributed by atoms with van der Waals surface area (Å²) in [7, 11) is 0. The molecule has 0 radical (unpaired) electrons. The zero-order valence-electron chi connectivity index (χ0n) is 33.9. The average Bonchev–Trinajstić information content (AvgIpc) is 3.13. The van der Waals surface area contributed by atoms with Gasteiger partial charge in [-0.05, 0) is 38.5 Å². The Labute approximate surface area is 316 Å². The minimum Gasteiger partial charge on any atom is -0.394 e. The molecule has 302 valence electrons. The summed E-state index contributed by atoms with van der Waals surface area (Å²) in [6.07, 6.45) is 44.9. The van der Waals surface area contributed by atoms with E-state index in [0.29, 0.717) is 12.8 Å². The minimum atomic E-state index is -1.26. The summed E-state index contributed by atoms with van der Waals surface area (Å²) in [6, 6.07) is -0.990. The molecule has 5 N–H and O–H groups in total. The van der Waals surface area contributed by atoms with Gasteiger partial charge in [-0.1, -0.05) is 212 Å². The molecule has 1 amide bonds. The minimum absolute atomic E-state index is 0.352. The van der Waals surface area contributed by atoms with Gasteiger partial charge < -0.3 is 25.7 Å². The lowest BCUT2D eigenvalue weighted by Crippen LogP contribution is -2.53. The number of aliphatic hydroxyl groups is 4. The van der Waals surface area contributed by atoms with Gasteiger partial charge in [-0.15, -0.1) is 0 Å². The number of hydrogen-bond acceptors (Lipinski definition) is 5. The van der Waals surface area contributed by atoms with E-state index in [0.717, 1.165) is 64.2 Å². The van der Waals surface area contributed by atoms with Gasteiger partial charge in [-0.2, -0.15) is 0 Å². The molecule has 0 saturated carbocycles. The van der Waals surface area contributed by atoms with Gasteiger partial charge in [0.2, 0.25) is 5.91 Å². The summed E-state index contributed by atoms with van der Waals surface area (Å²) in [6.45, 7) is 4.02. The third kappa shape index (κ3) is 34.3. The lowest BCUT2D eigenvalue weighted by Gasteiger charge is -2.27. The number of amides is 1. The maximum atomic E-state index is 12.5. The number of nitrogens with one attached hydrogen (secondary N) is 1. The van der Waals surface area contributed by atoms with Crippen LogP contribution in [0.25, 0.3) is 0 Å². The largest absolute Gasteiger partial charge is 0.394 e. The lowest BCUT2D eigenvalue weighted by atomic mass is 9.99. The fourth-order valence-electron chi connectivity index (χ4n) is 6.87. The first-order valence-corrected chi connectivity index (χ1v) is 22.2. The van der Waals surface area contributed by atoms with E-state index in [1.165, 1.54) is 135 Å². The quantitative estimate of drug-likeness (QED) is 0.0320. The molecule has 0 saturated heterocycles. The van der Waals surface area contributed by atoms with Gasteiger partial charge in [0.05, 0.1) is 18.8 Å². The van der Waals surface area contributed by atoms with Gasteiger partial charge in [-0.25, -0.2) is 0 Å². The smallest absolute Gasteiger partial charge is 0.249 e. The third-order valence-electron chi connectivity index (χ3n) is 10.4. The normalized spacial score (nSPS) is 14.4. The van der Waals surface area contributed by atoms with Crippen molar-refractivity contribution in [2.75, 3.05) is 6.61 Å². The maximum Gasteiger partial charge on any atom is 0.249 e. The topological polar surface area (TPSA) is 110 Å². The molecule has 0 aromatic rings. The Morgan fingerprint density at radius 1 is 0.490 bits per heavy atom. The van der Waals surface area contributed by atoms with Crippen molar-refractivity contribution in [1.29, 1.82) is 0 Å². The highest BCUT2D eigenvalue weighted by Crippen LogP contribution is 2.17. The van der Waals surface area contributed by atoms with Crippen LogP contribution in [0, 0.1) is 0 Å². The summed E-state index contributed by atoms with van der Waals surface area (Å²) < 4.78 is 0. The van der Waals surface area contributed by atoms with Crippen LogP contribution in [0.4, 0.5) is 0 Å². The van der Waals surface area contributed by atoms with Crippen LogP contribution in [0.1, 0.15) is 226 Å². The molecule has 0 heterocycles. The van der Waals surface area contributed by atoms with Crippen molar-refractivity contribution in [3.05, 3.63) is 24.3 Å². The molecule has 0 aliphatic heterocycles. The standard InChI is InChI=1S/C45H87NO5/c1-3-5-7-9-11-13-15-17-19-20-21-22-23-24-25-27-28-30-32-34-36-38-42(48)44(50)41(40-47)46-45(51)43(49)39-37-35-33-31-29-26-18-16-14-12-10-8-6-4-2/h12,14,16,18,41-44,47-50H,3-11,13,15,17,19-40H2,1-2H3,(H,46,51)/b14-12-,18-16-. The van der Waals surface area contributed by atoms with Crippen molar-refractivity contribution in [2.45, 2.75) is 250 Å². The number of aliphatic hydroxyl groups excluding tert-OH is 4. The van der Waals surface area contributed by atoms with E-state index < -0.39 is 36.9 Å². The van der Waals surface area contributed by atoms with Crippen LogP contribution in [-0.2, 0) is 4.79 Å². The first-order chi connectivity index (χ1) is 25.0.